The first kappa shape index (κ1) is 15.9. The summed E-state index contributed by atoms with van der Waals surface area (Å²) in [6.45, 7) is 1.84. The smallest absolute Gasteiger partial charge is 0.331 e. The highest BCUT2D eigenvalue weighted by Crippen LogP contribution is 2.08. The van der Waals surface area contributed by atoms with Crippen molar-refractivity contribution in [2.45, 2.75) is 19.4 Å². The largest absolute Gasteiger partial charge is 0.449 e. The lowest BCUT2D eigenvalue weighted by atomic mass is 10.3. The number of hydrogen-bond acceptors (Lipinski definition) is 5. The Morgan fingerprint density at radius 1 is 1.60 bits per heavy atom. The lowest BCUT2D eigenvalue weighted by Gasteiger charge is -2.19. The van der Waals surface area contributed by atoms with E-state index in [1.165, 1.54) is 29.2 Å². The maximum absolute atomic E-state index is 11.8. The van der Waals surface area contributed by atoms with Crippen LogP contribution in [0.15, 0.2) is 22.9 Å². The lowest BCUT2D eigenvalue weighted by Crippen LogP contribution is -2.37. The van der Waals surface area contributed by atoms with Gasteiger partial charge in [-0.3, -0.25) is 4.79 Å². The molecule has 0 saturated carbocycles. The molecule has 0 unspecified atom stereocenters. The molecule has 5 nitrogen and oxygen atoms in total. The van der Waals surface area contributed by atoms with Crippen LogP contribution in [0.4, 0.5) is 0 Å². The second-order valence-electron chi connectivity index (χ2n) is 4.14. The first-order valence-corrected chi connectivity index (χ1v) is 7.01. The lowest BCUT2D eigenvalue weighted by molar-refractivity contribution is -0.154. The highest BCUT2D eigenvalue weighted by Gasteiger charge is 2.20. The van der Waals surface area contributed by atoms with Crippen LogP contribution in [0.2, 0.25) is 0 Å². The molecular weight excluding hydrogens is 276 g/mol. The molecule has 20 heavy (non-hydrogen) atoms. The molecule has 0 aliphatic rings. The Morgan fingerprint density at radius 2 is 2.35 bits per heavy atom. The number of thiophene rings is 1. The van der Waals surface area contributed by atoms with Gasteiger partial charge in [0.1, 0.15) is 0 Å². The number of hydrogen-bond donors (Lipinski definition) is 0. The van der Waals surface area contributed by atoms with Crippen molar-refractivity contribution in [2.24, 2.45) is 0 Å². The standard InChI is InChI=1S/C14H16N2O3S/c1-11(14(18)16(2)8-3-7-15)19-13(17)5-4-12-6-9-20-10-12/h4-6,9-11H,3,8H2,1-2H3/b5-4+/t11-/m0/s1. The summed E-state index contributed by atoms with van der Waals surface area (Å²) in [5, 5.41) is 12.3. The number of likely N-dealkylation sites (N-methyl/N-ethyl adjacent to an activating group) is 1. The molecule has 0 aliphatic carbocycles. The highest BCUT2D eigenvalue weighted by molar-refractivity contribution is 7.08. The summed E-state index contributed by atoms with van der Waals surface area (Å²) in [6.07, 6.45) is 2.32. The summed E-state index contributed by atoms with van der Waals surface area (Å²) >= 11 is 1.53. The van der Waals surface area contributed by atoms with Gasteiger partial charge in [0.25, 0.3) is 5.91 Å². The second-order valence-corrected chi connectivity index (χ2v) is 4.92. The Labute approximate surface area is 122 Å². The summed E-state index contributed by atoms with van der Waals surface area (Å²) in [7, 11) is 1.57. The van der Waals surface area contributed by atoms with E-state index >= 15 is 0 Å². The first-order chi connectivity index (χ1) is 9.54. The predicted octanol–water partition coefficient (Wildman–Crippen LogP) is 2.07. The molecule has 1 amide bonds. The molecule has 1 rings (SSSR count). The maximum Gasteiger partial charge on any atom is 0.331 e. The molecular formula is C14H16N2O3S. The molecule has 0 radical (unpaired) electrons. The van der Waals surface area contributed by atoms with Crippen LogP contribution in [-0.2, 0) is 14.3 Å². The van der Waals surface area contributed by atoms with Crippen LogP contribution in [0.3, 0.4) is 0 Å². The number of ether oxygens (including phenoxy) is 1. The minimum absolute atomic E-state index is 0.251. The molecule has 106 valence electrons. The molecule has 0 fully saturated rings. The summed E-state index contributed by atoms with van der Waals surface area (Å²) < 4.78 is 5.02. The van der Waals surface area contributed by atoms with Crippen LogP contribution >= 0.6 is 11.3 Å². The number of rotatable bonds is 6. The Bertz CT molecular complexity index is 517. The van der Waals surface area contributed by atoms with E-state index < -0.39 is 12.1 Å². The number of carbonyl (C=O) groups is 2. The van der Waals surface area contributed by atoms with Crippen molar-refractivity contribution in [3.63, 3.8) is 0 Å². The highest BCUT2D eigenvalue weighted by atomic mass is 32.1. The molecule has 1 heterocycles. The number of esters is 1. The van der Waals surface area contributed by atoms with Crippen LogP contribution in [-0.4, -0.2) is 36.5 Å². The summed E-state index contributed by atoms with van der Waals surface area (Å²) in [6, 6.07) is 3.83. The van der Waals surface area contributed by atoms with E-state index in [2.05, 4.69) is 0 Å². The van der Waals surface area contributed by atoms with Crippen molar-refractivity contribution >= 4 is 29.3 Å². The minimum atomic E-state index is -0.863. The molecule has 0 aliphatic heterocycles. The van der Waals surface area contributed by atoms with Gasteiger partial charge in [0, 0.05) is 19.7 Å². The Kier molecular flexibility index (Phi) is 6.47. The van der Waals surface area contributed by atoms with Crippen LogP contribution in [0, 0.1) is 11.3 Å². The average molecular weight is 292 g/mol. The zero-order valence-corrected chi connectivity index (χ0v) is 12.2. The van der Waals surface area contributed by atoms with Crippen molar-refractivity contribution in [1.29, 1.82) is 5.26 Å². The van der Waals surface area contributed by atoms with Crippen LogP contribution < -0.4 is 0 Å². The van der Waals surface area contributed by atoms with Gasteiger partial charge >= 0.3 is 5.97 Å². The summed E-state index contributed by atoms with van der Waals surface area (Å²) in [5.74, 6) is -0.886. The molecule has 1 atom stereocenters. The van der Waals surface area contributed by atoms with Crippen molar-refractivity contribution in [1.82, 2.24) is 4.90 Å². The number of carbonyl (C=O) groups excluding carboxylic acids is 2. The Balaban J connectivity index is 2.45. The monoisotopic (exact) mass is 292 g/mol. The maximum atomic E-state index is 11.8. The summed E-state index contributed by atoms with van der Waals surface area (Å²) in [4.78, 5) is 24.8. The second kappa shape index (κ2) is 8.12. The van der Waals surface area contributed by atoms with E-state index in [4.69, 9.17) is 10.00 Å². The van der Waals surface area contributed by atoms with E-state index in [9.17, 15) is 9.59 Å². The van der Waals surface area contributed by atoms with Crippen LogP contribution in [0.1, 0.15) is 18.9 Å². The quantitative estimate of drug-likeness (QED) is 0.594. The Morgan fingerprint density at radius 3 is 2.95 bits per heavy atom. The number of amides is 1. The molecule has 0 spiro atoms. The SMILES string of the molecule is C[C@H](OC(=O)/C=C/c1ccsc1)C(=O)N(C)CCC#N. The molecule has 0 N–H and O–H groups in total. The van der Waals surface area contributed by atoms with Gasteiger partial charge in [0.05, 0.1) is 12.5 Å². The Hall–Kier alpha value is -2.13. The third-order valence-electron chi connectivity index (χ3n) is 2.53. The molecule has 0 bridgehead atoms. The molecule has 1 aromatic heterocycles. The fourth-order valence-corrected chi connectivity index (χ4v) is 2.06. The average Bonchev–Trinajstić information content (AvgIpc) is 2.94. The number of nitrogens with zero attached hydrogens (tertiary/aromatic N) is 2. The topological polar surface area (TPSA) is 70.4 Å². The molecule has 0 aromatic carbocycles. The molecule has 6 heteroatoms. The third kappa shape index (κ3) is 5.24. The molecule has 0 saturated heterocycles. The van der Waals surface area contributed by atoms with Gasteiger partial charge in [0.15, 0.2) is 6.10 Å². The fourth-order valence-electron chi connectivity index (χ4n) is 1.44. The van der Waals surface area contributed by atoms with Crippen molar-refractivity contribution < 1.29 is 14.3 Å². The van der Waals surface area contributed by atoms with Crippen molar-refractivity contribution in [3.05, 3.63) is 28.5 Å². The van der Waals surface area contributed by atoms with E-state index in [-0.39, 0.29) is 12.3 Å². The molecule has 1 aromatic rings. The van der Waals surface area contributed by atoms with Crippen molar-refractivity contribution in [3.8, 4) is 6.07 Å². The van der Waals surface area contributed by atoms with E-state index in [1.807, 2.05) is 22.9 Å². The predicted molar refractivity (Wildman–Crippen MR) is 76.8 cm³/mol. The van der Waals surface area contributed by atoms with E-state index in [1.54, 1.807) is 13.1 Å². The summed E-state index contributed by atoms with van der Waals surface area (Å²) in [5.41, 5.74) is 0.914. The third-order valence-corrected chi connectivity index (χ3v) is 3.23. The van der Waals surface area contributed by atoms with Gasteiger partial charge in [-0.1, -0.05) is 0 Å². The van der Waals surface area contributed by atoms with Gasteiger partial charge in [-0.15, -0.1) is 0 Å². The van der Waals surface area contributed by atoms with Gasteiger partial charge in [-0.2, -0.15) is 16.6 Å². The first-order valence-electron chi connectivity index (χ1n) is 6.07. The van der Waals surface area contributed by atoms with Gasteiger partial charge in [0.2, 0.25) is 0 Å². The number of nitriles is 1. The van der Waals surface area contributed by atoms with Crippen LogP contribution in [0.5, 0.6) is 0 Å². The van der Waals surface area contributed by atoms with Crippen LogP contribution in [0.25, 0.3) is 6.08 Å². The van der Waals surface area contributed by atoms with Gasteiger partial charge in [-0.25, -0.2) is 4.79 Å². The zero-order chi connectivity index (χ0) is 15.0. The minimum Gasteiger partial charge on any atom is -0.449 e. The van der Waals surface area contributed by atoms with Gasteiger partial charge in [-0.05, 0) is 35.4 Å². The zero-order valence-electron chi connectivity index (χ0n) is 11.4. The van der Waals surface area contributed by atoms with E-state index in [0.29, 0.717) is 6.54 Å². The normalized spacial score (nSPS) is 11.8. The van der Waals surface area contributed by atoms with E-state index in [0.717, 1.165) is 5.56 Å². The van der Waals surface area contributed by atoms with Crippen molar-refractivity contribution in [2.75, 3.05) is 13.6 Å². The fraction of sp³-hybridized carbons (Fsp3) is 0.357. The van der Waals surface area contributed by atoms with Gasteiger partial charge < -0.3 is 9.64 Å².